The largest absolute Gasteiger partial charge is 0.459 e. The molecule has 2 N–H and O–H groups in total. The number of alkyl carbamates (subject to hydrolysis) is 1. The molecule has 0 bridgehead atoms. The minimum atomic E-state index is -0.647. The first-order valence-electron chi connectivity index (χ1n) is 16.0. The summed E-state index contributed by atoms with van der Waals surface area (Å²) in [4.78, 5) is 36.8. The fourth-order valence-electron chi connectivity index (χ4n) is 5.29. The second-order valence-electron chi connectivity index (χ2n) is 12.7. The first kappa shape index (κ1) is 33.2. The second-order valence-corrected chi connectivity index (χ2v) is 12.7. The molecule has 1 fully saturated rings. The molecule has 5 aromatic rings. The number of benzene rings is 2. The molecule has 1 saturated heterocycles. The lowest BCUT2D eigenvalue weighted by Crippen LogP contribution is -2.45. The van der Waals surface area contributed by atoms with Gasteiger partial charge >= 0.3 is 12.2 Å². The molecule has 2 aromatic carbocycles. The molecular weight excluding hydrogens is 598 g/mol. The molecule has 0 unspecified atom stereocenters. The van der Waals surface area contributed by atoms with Crippen LogP contribution in [0, 0.1) is 5.41 Å². The molecule has 12 heteroatoms. The van der Waals surface area contributed by atoms with Crippen LogP contribution in [0.15, 0.2) is 71.5 Å². The summed E-state index contributed by atoms with van der Waals surface area (Å²) >= 11 is 0. The Hall–Kier alpha value is -5.13. The summed E-state index contributed by atoms with van der Waals surface area (Å²) in [6, 6.07) is 17.0. The molecule has 1 aliphatic rings. The quantitative estimate of drug-likeness (QED) is 0.182. The molecule has 248 valence electrons. The number of fused-ring (bicyclic) bond motifs is 2. The van der Waals surface area contributed by atoms with E-state index in [0.717, 1.165) is 36.9 Å². The highest BCUT2D eigenvalue weighted by molar-refractivity contribution is 5.90. The van der Waals surface area contributed by atoms with Gasteiger partial charge in [-0.3, -0.25) is 0 Å². The van der Waals surface area contributed by atoms with Crippen LogP contribution in [0.1, 0.15) is 59.9 Å². The van der Waals surface area contributed by atoms with Gasteiger partial charge in [-0.2, -0.15) is 14.8 Å². The average molecular weight is 642 g/mol. The molecule has 0 aliphatic carbocycles. The lowest BCUT2D eigenvalue weighted by Gasteiger charge is -2.39. The van der Waals surface area contributed by atoms with E-state index in [9.17, 15) is 9.59 Å². The number of hydrogen-bond acceptors (Lipinski definition) is 10. The number of aromatic nitrogens is 4. The number of rotatable bonds is 7. The lowest BCUT2D eigenvalue weighted by molar-refractivity contribution is 0.0522. The van der Waals surface area contributed by atoms with Crippen LogP contribution in [0.5, 0.6) is 0 Å². The van der Waals surface area contributed by atoms with Crippen molar-refractivity contribution in [3.63, 3.8) is 0 Å². The van der Waals surface area contributed by atoms with E-state index in [-0.39, 0.29) is 12.0 Å². The van der Waals surface area contributed by atoms with Gasteiger partial charge in [0.15, 0.2) is 11.4 Å². The number of carbonyl (C=O) groups is 2. The Balaban J connectivity index is 0.00000213. The molecule has 12 nitrogen and oxygen atoms in total. The van der Waals surface area contributed by atoms with E-state index in [1.807, 2.05) is 89.2 Å². The summed E-state index contributed by atoms with van der Waals surface area (Å²) in [5.41, 5.74) is 2.80. The minimum absolute atomic E-state index is 0.0921. The fraction of sp³-hybridized carbons (Fsp3) is 0.400. The maximum atomic E-state index is 12.7. The van der Waals surface area contributed by atoms with Crippen LogP contribution >= 0.6 is 0 Å². The van der Waals surface area contributed by atoms with Gasteiger partial charge in [-0.15, -0.1) is 0 Å². The van der Waals surface area contributed by atoms with E-state index in [1.54, 1.807) is 12.5 Å². The fourth-order valence-corrected chi connectivity index (χ4v) is 5.29. The van der Waals surface area contributed by atoms with Crippen molar-refractivity contribution in [1.29, 1.82) is 0 Å². The van der Waals surface area contributed by atoms with Gasteiger partial charge in [-0.05, 0) is 62.8 Å². The molecule has 4 heterocycles. The Morgan fingerprint density at radius 3 is 2.49 bits per heavy atom. The zero-order valence-corrected chi connectivity index (χ0v) is 27.9. The molecule has 1 aliphatic heterocycles. The number of ether oxygens (including phenoxy) is 2. The third-order valence-electron chi connectivity index (χ3n) is 7.82. The van der Waals surface area contributed by atoms with E-state index < -0.39 is 17.8 Å². The van der Waals surface area contributed by atoms with Crippen molar-refractivity contribution >= 4 is 51.6 Å². The number of anilines is 3. The zero-order valence-electron chi connectivity index (χ0n) is 27.9. The Morgan fingerprint density at radius 1 is 1.02 bits per heavy atom. The second kappa shape index (κ2) is 14.1. The van der Waals surface area contributed by atoms with Crippen LogP contribution in [0.25, 0.3) is 22.0 Å². The van der Waals surface area contributed by atoms with Gasteiger partial charge in [-0.25, -0.2) is 14.6 Å². The van der Waals surface area contributed by atoms with Gasteiger partial charge in [-0.1, -0.05) is 51.1 Å². The van der Waals surface area contributed by atoms with Crippen LogP contribution in [0.3, 0.4) is 0 Å². The number of hydrogen-bond donors (Lipinski definition) is 2. The van der Waals surface area contributed by atoms with E-state index in [4.69, 9.17) is 18.9 Å². The van der Waals surface area contributed by atoms with Gasteiger partial charge in [0.05, 0.1) is 18.0 Å². The number of amides is 1. The molecule has 1 amide bonds. The lowest BCUT2D eigenvalue weighted by atomic mass is 9.80. The molecule has 0 atom stereocenters. The number of nitrogens with one attached hydrogen (secondary N) is 2. The Kier molecular flexibility index (Phi) is 9.97. The Morgan fingerprint density at radius 2 is 1.77 bits per heavy atom. The number of nitrogens with zero attached hydrogens (tertiary/aromatic N) is 5. The number of piperidine rings is 1. The molecule has 0 saturated carbocycles. The summed E-state index contributed by atoms with van der Waals surface area (Å²) in [5.74, 6) is 1.10. The summed E-state index contributed by atoms with van der Waals surface area (Å²) in [7, 11) is 0. The van der Waals surface area contributed by atoms with Crippen LogP contribution in [-0.2, 0) is 16.1 Å². The summed E-state index contributed by atoms with van der Waals surface area (Å²) in [5, 5.41) is 11.3. The molecule has 0 radical (unpaired) electrons. The molecule has 3 aromatic heterocycles. The third kappa shape index (κ3) is 8.18. The predicted molar refractivity (Wildman–Crippen MR) is 182 cm³/mol. The van der Waals surface area contributed by atoms with Crippen LogP contribution in [-0.4, -0.2) is 57.2 Å². The smallest absolute Gasteiger partial charge is 0.435 e. The highest BCUT2D eigenvalue weighted by Gasteiger charge is 2.32. The molecule has 0 spiro atoms. The Bertz CT molecular complexity index is 1820. The first-order valence-corrected chi connectivity index (χ1v) is 16.0. The van der Waals surface area contributed by atoms with E-state index in [2.05, 4.69) is 32.5 Å². The van der Waals surface area contributed by atoms with Crippen LogP contribution in [0.4, 0.5) is 27.0 Å². The highest BCUT2D eigenvalue weighted by atomic mass is 16.6. The van der Waals surface area contributed by atoms with Gasteiger partial charge in [0.25, 0.3) is 0 Å². The van der Waals surface area contributed by atoms with Crippen LogP contribution < -0.4 is 15.5 Å². The van der Waals surface area contributed by atoms with Crippen molar-refractivity contribution in [2.75, 3.05) is 29.9 Å². The Labute approximate surface area is 274 Å². The monoisotopic (exact) mass is 641 g/mol. The third-order valence-corrected chi connectivity index (χ3v) is 7.82. The van der Waals surface area contributed by atoms with E-state index in [0.29, 0.717) is 40.6 Å². The first-order chi connectivity index (χ1) is 22.6. The standard InChI is InChI=1S/C33H37N7O5.C2H6/c1-32(2,3)45-31(42)40-26-18-24(11-10-23(26)19-35-40)36-29-37-25-12-17-43-27(25)28(38-29)39-15-13-33(4,14-16-39)21-34-30(41)44-20-22-8-6-5-7-9-22;1-2/h5-12,17-19H,13-16,20-21H2,1-4H3,(H,34,41)(H,36,37,38);1-2H3. The zero-order chi connectivity index (χ0) is 33.6. The molecule has 47 heavy (non-hydrogen) atoms. The van der Waals surface area contributed by atoms with Crippen molar-refractivity contribution in [3.8, 4) is 0 Å². The number of furan rings is 1. The summed E-state index contributed by atoms with van der Waals surface area (Å²) < 4.78 is 18.0. The summed E-state index contributed by atoms with van der Waals surface area (Å²) in [6.45, 7) is 13.8. The van der Waals surface area contributed by atoms with E-state index in [1.165, 1.54) is 4.68 Å². The maximum absolute atomic E-state index is 12.7. The van der Waals surface area contributed by atoms with Gasteiger partial charge in [0.1, 0.15) is 17.7 Å². The average Bonchev–Trinajstić information content (AvgIpc) is 3.71. The van der Waals surface area contributed by atoms with E-state index >= 15 is 0 Å². The van der Waals surface area contributed by atoms with Crippen LogP contribution in [0.2, 0.25) is 0 Å². The highest BCUT2D eigenvalue weighted by Crippen LogP contribution is 2.35. The van der Waals surface area contributed by atoms with Crippen molar-refractivity contribution in [2.45, 2.75) is 66.6 Å². The summed E-state index contributed by atoms with van der Waals surface area (Å²) in [6.07, 6.45) is 3.95. The van der Waals surface area contributed by atoms with Crippen molar-refractivity contribution < 1.29 is 23.5 Å². The predicted octanol–water partition coefficient (Wildman–Crippen LogP) is 7.66. The number of carbonyl (C=O) groups excluding carboxylic acids is 2. The minimum Gasteiger partial charge on any atom is -0.459 e. The van der Waals surface area contributed by atoms with Gasteiger partial charge in [0, 0.05) is 36.8 Å². The molecule has 6 rings (SSSR count). The topological polar surface area (TPSA) is 137 Å². The normalized spacial score (nSPS) is 14.3. The van der Waals surface area contributed by atoms with Crippen molar-refractivity contribution in [3.05, 3.63) is 72.6 Å². The maximum Gasteiger partial charge on any atom is 0.435 e. The SMILES string of the molecule is CC.CC1(CNC(=O)OCc2ccccc2)CCN(c2nc(Nc3ccc4cnn(C(=O)OC(C)(C)C)c4c3)nc3ccoc23)CC1. The van der Waals surface area contributed by atoms with Gasteiger partial charge in [0.2, 0.25) is 5.95 Å². The van der Waals surface area contributed by atoms with Crippen molar-refractivity contribution in [2.24, 2.45) is 5.41 Å². The van der Waals surface area contributed by atoms with Gasteiger partial charge < -0.3 is 29.4 Å². The van der Waals surface area contributed by atoms with Crippen molar-refractivity contribution in [1.82, 2.24) is 25.1 Å². The molecular formula is C35H43N7O5.